The van der Waals surface area contributed by atoms with Crippen molar-refractivity contribution in [1.82, 2.24) is 4.90 Å². The third-order valence-electron chi connectivity index (χ3n) is 4.06. The van der Waals surface area contributed by atoms with Crippen LogP contribution in [0.2, 0.25) is 0 Å². The predicted octanol–water partition coefficient (Wildman–Crippen LogP) is 2.54. The van der Waals surface area contributed by atoms with Gasteiger partial charge in [0.25, 0.3) is 0 Å². The summed E-state index contributed by atoms with van der Waals surface area (Å²) in [5, 5.41) is -0.0309. The fourth-order valence-electron chi connectivity index (χ4n) is 2.95. The van der Waals surface area contributed by atoms with Crippen molar-refractivity contribution in [3.63, 3.8) is 0 Å². The molecule has 23 heavy (non-hydrogen) atoms. The Morgan fingerprint density at radius 2 is 2.30 bits per heavy atom. The number of thioether (sulfide) groups is 1. The van der Waals surface area contributed by atoms with E-state index in [0.29, 0.717) is 19.6 Å². The highest BCUT2D eigenvalue weighted by atomic mass is 32.2. The van der Waals surface area contributed by atoms with Gasteiger partial charge in [0, 0.05) is 25.1 Å². The van der Waals surface area contributed by atoms with Gasteiger partial charge in [-0.3, -0.25) is 9.59 Å². The normalized spacial score (nSPS) is 20.1. The molecule has 2 heterocycles. The summed E-state index contributed by atoms with van der Waals surface area (Å²) in [5.41, 5.74) is 2.31. The molecule has 0 bridgehead atoms. The lowest BCUT2D eigenvalue weighted by molar-refractivity contribution is -0.144. The van der Waals surface area contributed by atoms with Crippen molar-refractivity contribution in [2.45, 2.75) is 31.6 Å². The zero-order valence-electron chi connectivity index (χ0n) is 13.2. The number of hydrogen-bond donors (Lipinski definition) is 0. The second-order valence-corrected chi connectivity index (χ2v) is 6.77. The molecule has 1 aromatic carbocycles. The van der Waals surface area contributed by atoms with Gasteiger partial charge < -0.3 is 14.4 Å². The topological polar surface area (TPSA) is 55.8 Å². The van der Waals surface area contributed by atoms with E-state index in [9.17, 15) is 9.59 Å². The summed E-state index contributed by atoms with van der Waals surface area (Å²) in [6.07, 6.45) is 1.68. The van der Waals surface area contributed by atoms with Crippen molar-refractivity contribution in [3.05, 3.63) is 29.3 Å². The highest BCUT2D eigenvalue weighted by molar-refractivity contribution is 7.99. The lowest BCUT2D eigenvalue weighted by Gasteiger charge is -2.35. The molecule has 2 aliphatic heterocycles. The van der Waals surface area contributed by atoms with Crippen LogP contribution in [0.25, 0.3) is 0 Å². The molecule has 1 amide bonds. The van der Waals surface area contributed by atoms with Crippen molar-refractivity contribution >= 4 is 23.6 Å². The first-order valence-corrected chi connectivity index (χ1v) is 9.06. The summed E-state index contributed by atoms with van der Waals surface area (Å²) < 4.78 is 10.5. The smallest absolute Gasteiger partial charge is 0.307 e. The van der Waals surface area contributed by atoms with E-state index in [4.69, 9.17) is 9.47 Å². The lowest BCUT2D eigenvalue weighted by Crippen LogP contribution is -2.38. The van der Waals surface area contributed by atoms with Crippen LogP contribution in [0.4, 0.5) is 0 Å². The van der Waals surface area contributed by atoms with E-state index in [1.54, 1.807) is 18.7 Å². The minimum absolute atomic E-state index is 0.0309. The molecule has 0 aliphatic carbocycles. The zero-order valence-corrected chi connectivity index (χ0v) is 14.1. The molecule has 0 spiro atoms. The van der Waals surface area contributed by atoms with Gasteiger partial charge in [-0.05, 0) is 30.2 Å². The SMILES string of the molecule is CCOC(=O)CCN1C(=O)CCSC1c1ccc2c(c1)CCO2. The van der Waals surface area contributed by atoms with E-state index < -0.39 is 0 Å². The lowest BCUT2D eigenvalue weighted by atomic mass is 10.1. The number of benzene rings is 1. The van der Waals surface area contributed by atoms with Gasteiger partial charge in [0.1, 0.15) is 11.1 Å². The first kappa shape index (κ1) is 16.2. The van der Waals surface area contributed by atoms with E-state index in [1.807, 2.05) is 17.0 Å². The van der Waals surface area contributed by atoms with Gasteiger partial charge in [-0.2, -0.15) is 0 Å². The fourth-order valence-corrected chi connectivity index (χ4v) is 4.20. The number of nitrogens with zero attached hydrogens (tertiary/aromatic N) is 1. The fraction of sp³-hybridized carbons (Fsp3) is 0.529. The Labute approximate surface area is 140 Å². The second-order valence-electron chi connectivity index (χ2n) is 5.58. The molecule has 0 aromatic heterocycles. The number of esters is 1. The van der Waals surface area contributed by atoms with E-state index in [1.165, 1.54) is 5.56 Å². The van der Waals surface area contributed by atoms with E-state index in [-0.39, 0.29) is 23.7 Å². The Morgan fingerprint density at radius 1 is 1.43 bits per heavy atom. The highest BCUT2D eigenvalue weighted by Gasteiger charge is 2.31. The summed E-state index contributed by atoms with van der Waals surface area (Å²) in [5.74, 6) is 1.61. The summed E-state index contributed by atoms with van der Waals surface area (Å²) in [6.45, 7) is 3.29. The van der Waals surface area contributed by atoms with Crippen LogP contribution in [0.3, 0.4) is 0 Å². The third-order valence-corrected chi connectivity index (χ3v) is 5.34. The Hall–Kier alpha value is -1.69. The van der Waals surface area contributed by atoms with Gasteiger partial charge in [0.05, 0.1) is 19.6 Å². The zero-order chi connectivity index (χ0) is 16.2. The Bertz CT molecular complexity index is 604. The standard InChI is InChI=1S/C17H21NO4S/c1-2-21-16(20)5-8-18-15(19)7-10-23-17(18)13-3-4-14-12(11-13)6-9-22-14/h3-4,11,17H,2,5-10H2,1H3. The average molecular weight is 335 g/mol. The molecule has 6 heteroatoms. The van der Waals surface area contributed by atoms with E-state index >= 15 is 0 Å². The third kappa shape index (κ3) is 3.63. The van der Waals surface area contributed by atoms with Crippen LogP contribution < -0.4 is 4.74 Å². The molecule has 1 saturated heterocycles. The number of ether oxygens (including phenoxy) is 2. The van der Waals surface area contributed by atoms with Gasteiger partial charge in [0.15, 0.2) is 0 Å². The number of rotatable bonds is 5. The monoisotopic (exact) mass is 335 g/mol. The van der Waals surface area contributed by atoms with Crippen LogP contribution in [0.1, 0.15) is 36.3 Å². The molecular formula is C17H21NO4S. The quantitative estimate of drug-likeness (QED) is 0.774. The van der Waals surface area contributed by atoms with Gasteiger partial charge in [0.2, 0.25) is 5.91 Å². The number of fused-ring (bicyclic) bond motifs is 1. The molecule has 1 unspecified atom stereocenters. The Morgan fingerprint density at radius 3 is 3.13 bits per heavy atom. The molecule has 5 nitrogen and oxygen atoms in total. The summed E-state index contributed by atoms with van der Waals surface area (Å²) >= 11 is 1.75. The highest BCUT2D eigenvalue weighted by Crippen LogP contribution is 2.39. The second kappa shape index (κ2) is 7.25. The predicted molar refractivity (Wildman–Crippen MR) is 88.4 cm³/mol. The minimum Gasteiger partial charge on any atom is -0.493 e. The molecule has 124 valence electrons. The van der Waals surface area contributed by atoms with Crippen LogP contribution in [-0.4, -0.2) is 42.3 Å². The number of carbonyl (C=O) groups is 2. The molecule has 1 aromatic rings. The maximum atomic E-state index is 12.3. The van der Waals surface area contributed by atoms with Crippen molar-refractivity contribution in [1.29, 1.82) is 0 Å². The summed E-state index contributed by atoms with van der Waals surface area (Å²) in [6, 6.07) is 6.15. The Balaban J connectivity index is 1.75. The molecule has 0 N–H and O–H groups in total. The molecular weight excluding hydrogens is 314 g/mol. The largest absolute Gasteiger partial charge is 0.493 e. The molecule has 3 rings (SSSR count). The first-order valence-electron chi connectivity index (χ1n) is 8.01. The number of carbonyl (C=O) groups excluding carboxylic acids is 2. The Kier molecular flexibility index (Phi) is 5.10. The summed E-state index contributed by atoms with van der Waals surface area (Å²) in [4.78, 5) is 25.7. The van der Waals surface area contributed by atoms with Gasteiger partial charge in [-0.15, -0.1) is 11.8 Å². The molecule has 0 radical (unpaired) electrons. The van der Waals surface area contributed by atoms with E-state index in [0.717, 1.165) is 30.1 Å². The first-order chi connectivity index (χ1) is 11.2. The summed E-state index contributed by atoms with van der Waals surface area (Å²) in [7, 11) is 0. The van der Waals surface area contributed by atoms with Gasteiger partial charge >= 0.3 is 5.97 Å². The van der Waals surface area contributed by atoms with Crippen LogP contribution in [0.15, 0.2) is 18.2 Å². The van der Waals surface area contributed by atoms with E-state index in [2.05, 4.69) is 6.07 Å². The maximum Gasteiger partial charge on any atom is 0.307 e. The number of amides is 1. The molecule has 1 atom stereocenters. The van der Waals surface area contributed by atoms with Gasteiger partial charge in [-0.1, -0.05) is 6.07 Å². The van der Waals surface area contributed by atoms with Crippen molar-refractivity contribution < 1.29 is 19.1 Å². The van der Waals surface area contributed by atoms with Crippen LogP contribution in [-0.2, 0) is 20.7 Å². The maximum absolute atomic E-state index is 12.3. The van der Waals surface area contributed by atoms with Crippen molar-refractivity contribution in [3.8, 4) is 5.75 Å². The van der Waals surface area contributed by atoms with Crippen molar-refractivity contribution in [2.24, 2.45) is 0 Å². The molecule has 1 fully saturated rings. The van der Waals surface area contributed by atoms with Gasteiger partial charge in [-0.25, -0.2) is 0 Å². The van der Waals surface area contributed by atoms with Crippen molar-refractivity contribution in [2.75, 3.05) is 25.5 Å². The van der Waals surface area contributed by atoms with Crippen LogP contribution in [0.5, 0.6) is 5.75 Å². The van der Waals surface area contributed by atoms with Crippen LogP contribution >= 0.6 is 11.8 Å². The molecule has 2 aliphatic rings. The number of hydrogen-bond acceptors (Lipinski definition) is 5. The molecule has 0 saturated carbocycles. The van der Waals surface area contributed by atoms with Crippen LogP contribution in [0, 0.1) is 0 Å². The average Bonchev–Trinajstić information content (AvgIpc) is 3.01. The minimum atomic E-state index is -0.253.